The number of aliphatic hydroxyl groups is 1. The lowest BCUT2D eigenvalue weighted by Crippen LogP contribution is -2.41. The van der Waals surface area contributed by atoms with Crippen molar-refractivity contribution in [2.75, 3.05) is 6.54 Å². The summed E-state index contributed by atoms with van der Waals surface area (Å²) in [4.78, 5) is 0. The van der Waals surface area contributed by atoms with Gasteiger partial charge in [-0.2, -0.15) is 0 Å². The summed E-state index contributed by atoms with van der Waals surface area (Å²) in [7, 11) is 0. The molecule has 4 heteroatoms. The number of nitrogens with one attached hydrogen (secondary N) is 1. The first-order valence-electron chi connectivity index (χ1n) is 7.60. The summed E-state index contributed by atoms with van der Waals surface area (Å²) < 4.78 is 19.0. The maximum atomic E-state index is 13.2. The highest BCUT2D eigenvalue weighted by atomic mass is 19.1. The third kappa shape index (κ3) is 4.53. The highest BCUT2D eigenvalue weighted by Gasteiger charge is 2.26. The molecule has 2 atom stereocenters. The van der Waals surface area contributed by atoms with Crippen LogP contribution in [0.4, 0.5) is 4.39 Å². The molecule has 124 valence electrons. The normalized spacial score (nSPS) is 17.6. The molecule has 23 heavy (non-hydrogen) atoms. The van der Waals surface area contributed by atoms with Crippen LogP contribution in [0.1, 0.15) is 25.0 Å². The second-order valence-corrected chi connectivity index (χ2v) is 5.63. The molecule has 0 amide bonds. The van der Waals surface area contributed by atoms with Crippen LogP contribution in [-0.2, 0) is 13.0 Å². The number of hydrogen-bond donors (Lipinski definition) is 2. The van der Waals surface area contributed by atoms with Gasteiger partial charge < -0.3 is 15.2 Å². The van der Waals surface area contributed by atoms with Crippen molar-refractivity contribution in [2.45, 2.75) is 39.0 Å². The Labute approximate surface area is 137 Å². The Kier molecular flexibility index (Phi) is 6.13. The minimum atomic E-state index is -0.582. The van der Waals surface area contributed by atoms with Gasteiger partial charge in [-0.15, -0.1) is 0 Å². The van der Waals surface area contributed by atoms with Gasteiger partial charge in [-0.1, -0.05) is 37.8 Å². The minimum Gasteiger partial charge on any atom is -0.487 e. The second-order valence-electron chi connectivity index (χ2n) is 5.63. The Morgan fingerprint density at radius 1 is 1.22 bits per heavy atom. The van der Waals surface area contributed by atoms with Gasteiger partial charge in [0.25, 0.3) is 0 Å². The zero-order chi connectivity index (χ0) is 15.4. The molecule has 2 aromatic rings. The van der Waals surface area contributed by atoms with Crippen molar-refractivity contribution >= 4 is 0 Å². The molecule has 2 aromatic carbocycles. The van der Waals surface area contributed by atoms with E-state index in [0.717, 1.165) is 12.0 Å². The van der Waals surface area contributed by atoms with E-state index < -0.39 is 6.10 Å². The van der Waals surface area contributed by atoms with Crippen molar-refractivity contribution in [2.24, 2.45) is 0 Å². The van der Waals surface area contributed by atoms with E-state index >= 15 is 0 Å². The van der Waals surface area contributed by atoms with Crippen LogP contribution in [0.25, 0.3) is 0 Å². The molecular formula is C19H24FNO2. The molecule has 0 aliphatic carbocycles. The summed E-state index contributed by atoms with van der Waals surface area (Å²) in [6.45, 7) is 1.18. The van der Waals surface area contributed by atoms with Crippen LogP contribution in [0.15, 0.2) is 48.5 Å². The zero-order valence-electron chi connectivity index (χ0n) is 12.3. The summed E-state index contributed by atoms with van der Waals surface area (Å²) in [6.07, 6.45) is 0.598. The van der Waals surface area contributed by atoms with Gasteiger partial charge in [-0.05, 0) is 42.2 Å². The molecule has 1 aliphatic heterocycles. The molecule has 0 aromatic heterocycles. The lowest BCUT2D eigenvalue weighted by Gasteiger charge is -2.29. The number of aliphatic hydroxyl groups excluding tert-OH is 1. The number of hydrogen-bond acceptors (Lipinski definition) is 3. The topological polar surface area (TPSA) is 41.5 Å². The van der Waals surface area contributed by atoms with Crippen molar-refractivity contribution in [1.82, 2.24) is 5.32 Å². The molecule has 0 saturated carbocycles. The maximum absolute atomic E-state index is 13.2. The van der Waals surface area contributed by atoms with Crippen molar-refractivity contribution in [3.63, 3.8) is 0 Å². The van der Waals surface area contributed by atoms with Gasteiger partial charge in [0, 0.05) is 13.1 Å². The average Bonchev–Trinajstić information content (AvgIpc) is 2.55. The number of fused-ring (bicyclic) bond motifs is 1. The van der Waals surface area contributed by atoms with Crippen LogP contribution in [0.2, 0.25) is 0 Å². The van der Waals surface area contributed by atoms with E-state index in [2.05, 4.69) is 5.32 Å². The van der Waals surface area contributed by atoms with Gasteiger partial charge in [-0.25, -0.2) is 4.39 Å². The zero-order valence-corrected chi connectivity index (χ0v) is 12.3. The van der Waals surface area contributed by atoms with Crippen molar-refractivity contribution < 1.29 is 14.2 Å². The summed E-state index contributed by atoms with van der Waals surface area (Å²) in [5.41, 5.74) is 2.06. The fourth-order valence-electron chi connectivity index (χ4n) is 2.74. The Balaban J connectivity index is 0.00000192. The molecule has 1 heterocycles. The second kappa shape index (κ2) is 8.09. The van der Waals surface area contributed by atoms with Gasteiger partial charge in [0.2, 0.25) is 0 Å². The molecule has 1 aliphatic rings. The Hall–Kier alpha value is -1.91. The van der Waals surface area contributed by atoms with Crippen LogP contribution >= 0.6 is 0 Å². The molecule has 0 spiro atoms. The molecular weight excluding hydrogens is 293 g/mol. The van der Waals surface area contributed by atoms with E-state index in [1.54, 1.807) is 6.07 Å². The molecule has 0 radical (unpaired) electrons. The summed E-state index contributed by atoms with van der Waals surface area (Å²) in [6, 6.07) is 14.6. The lowest BCUT2D eigenvalue weighted by molar-refractivity contribution is 0.0243. The predicted octanol–water partition coefficient (Wildman–Crippen LogP) is 3.31. The fourth-order valence-corrected chi connectivity index (χ4v) is 2.74. The first-order valence-corrected chi connectivity index (χ1v) is 7.60. The van der Waals surface area contributed by atoms with Gasteiger partial charge in [0.1, 0.15) is 23.8 Å². The van der Waals surface area contributed by atoms with Crippen LogP contribution < -0.4 is 10.1 Å². The molecule has 0 saturated heterocycles. The summed E-state index contributed by atoms with van der Waals surface area (Å²) in [5.74, 6) is 0.436. The Bertz CT molecular complexity index is 618. The van der Waals surface area contributed by atoms with E-state index in [9.17, 15) is 9.50 Å². The largest absolute Gasteiger partial charge is 0.487 e. The number of benzene rings is 2. The van der Waals surface area contributed by atoms with Gasteiger partial charge >= 0.3 is 0 Å². The first kappa shape index (κ1) is 17.4. The Morgan fingerprint density at radius 3 is 2.78 bits per heavy atom. The average molecular weight is 317 g/mol. The highest BCUT2D eigenvalue weighted by Crippen LogP contribution is 2.29. The van der Waals surface area contributed by atoms with Crippen LogP contribution in [0, 0.1) is 5.82 Å². The van der Waals surface area contributed by atoms with Crippen molar-refractivity contribution in [3.8, 4) is 5.75 Å². The summed E-state index contributed by atoms with van der Waals surface area (Å²) in [5, 5.41) is 13.5. The number of ether oxygens (including phenoxy) is 1. The molecule has 0 fully saturated rings. The van der Waals surface area contributed by atoms with Crippen LogP contribution in [0.5, 0.6) is 5.75 Å². The van der Waals surface area contributed by atoms with Gasteiger partial charge in [0.15, 0.2) is 0 Å². The van der Waals surface area contributed by atoms with Crippen molar-refractivity contribution in [1.29, 1.82) is 0 Å². The number of halogens is 1. The third-order valence-electron chi connectivity index (χ3n) is 3.95. The standard InChI is InChI=1S/C18H20FNO2.CH4/c19-15-7-9-17-14(10-15)6-8-18(22-17)16(21)12-20-11-13-4-2-1-3-5-13;/h1-5,7,9-10,16,18,20-21H,6,8,11-12H2;1H4. The van der Waals surface area contributed by atoms with Crippen LogP contribution in [0.3, 0.4) is 0 Å². The smallest absolute Gasteiger partial charge is 0.126 e. The molecule has 3 rings (SSSR count). The third-order valence-corrected chi connectivity index (χ3v) is 3.95. The highest BCUT2D eigenvalue weighted by molar-refractivity contribution is 5.36. The SMILES string of the molecule is C.OC(CNCc1ccccc1)C1CCc2cc(F)ccc2O1. The van der Waals surface area contributed by atoms with E-state index in [1.165, 1.54) is 17.7 Å². The molecule has 0 bridgehead atoms. The van der Waals surface area contributed by atoms with E-state index in [1.807, 2.05) is 30.3 Å². The summed E-state index contributed by atoms with van der Waals surface area (Å²) >= 11 is 0. The quantitative estimate of drug-likeness (QED) is 0.889. The van der Waals surface area contributed by atoms with Gasteiger partial charge in [-0.3, -0.25) is 0 Å². The predicted molar refractivity (Wildman–Crippen MR) is 90.0 cm³/mol. The minimum absolute atomic E-state index is 0. The molecule has 3 nitrogen and oxygen atoms in total. The van der Waals surface area contributed by atoms with E-state index in [4.69, 9.17) is 4.74 Å². The van der Waals surface area contributed by atoms with Crippen LogP contribution in [-0.4, -0.2) is 23.9 Å². The Morgan fingerprint density at radius 2 is 2.00 bits per heavy atom. The van der Waals surface area contributed by atoms with Gasteiger partial charge in [0.05, 0.1) is 0 Å². The monoisotopic (exact) mass is 317 g/mol. The molecule has 2 unspecified atom stereocenters. The van der Waals surface area contributed by atoms with E-state index in [0.29, 0.717) is 25.3 Å². The number of aryl methyl sites for hydroxylation is 1. The number of rotatable bonds is 5. The molecule has 2 N–H and O–H groups in total. The maximum Gasteiger partial charge on any atom is 0.126 e. The lowest BCUT2D eigenvalue weighted by atomic mass is 9.99. The van der Waals surface area contributed by atoms with E-state index in [-0.39, 0.29) is 19.3 Å². The fraction of sp³-hybridized carbons (Fsp3) is 0.368. The first-order chi connectivity index (χ1) is 10.7. The van der Waals surface area contributed by atoms with Crippen molar-refractivity contribution in [3.05, 3.63) is 65.5 Å².